The van der Waals surface area contributed by atoms with Crippen molar-refractivity contribution >= 4 is 11.6 Å². The average Bonchev–Trinajstić information content (AvgIpc) is 2.53. The smallest absolute Gasteiger partial charge is 0.240 e. The van der Waals surface area contributed by atoms with Crippen molar-refractivity contribution in [2.24, 2.45) is 0 Å². The van der Waals surface area contributed by atoms with E-state index < -0.39 is 0 Å². The Morgan fingerprint density at radius 3 is 2.88 bits per heavy atom. The fraction of sp³-hybridized carbons (Fsp3) is 0.308. The molecule has 0 aromatic heterocycles. The summed E-state index contributed by atoms with van der Waals surface area (Å²) in [6.07, 6.45) is 2.00. The predicted molar refractivity (Wildman–Crippen MR) is 66.6 cm³/mol. The zero-order valence-electron chi connectivity index (χ0n) is 10.1. The second kappa shape index (κ2) is 5.01. The van der Waals surface area contributed by atoms with Gasteiger partial charge in [0.05, 0.1) is 19.4 Å². The van der Waals surface area contributed by atoms with Gasteiger partial charge in [0.2, 0.25) is 5.91 Å². The minimum Gasteiger partial charge on any atom is -0.496 e. The van der Waals surface area contributed by atoms with Crippen LogP contribution >= 0.6 is 0 Å². The molecule has 17 heavy (non-hydrogen) atoms. The highest BCUT2D eigenvalue weighted by Gasteiger charge is 2.19. The van der Waals surface area contributed by atoms with Crippen LogP contribution in [0.2, 0.25) is 0 Å². The van der Waals surface area contributed by atoms with Crippen molar-refractivity contribution in [3.05, 3.63) is 35.9 Å². The number of hydrogen-bond acceptors (Lipinski definition) is 3. The zero-order chi connectivity index (χ0) is 12.3. The van der Waals surface area contributed by atoms with Crippen LogP contribution in [0.25, 0.3) is 5.70 Å². The molecule has 0 bridgehead atoms. The lowest BCUT2D eigenvalue weighted by molar-refractivity contribution is -0.125. The summed E-state index contributed by atoms with van der Waals surface area (Å²) in [5.41, 5.74) is 1.83. The number of nitrogens with one attached hydrogen (secondary N) is 1. The molecule has 0 atom stereocenters. The number of nitrogens with zero attached hydrogens (tertiary/aromatic N) is 1. The molecule has 1 amide bonds. The van der Waals surface area contributed by atoms with Crippen LogP contribution < -0.4 is 10.1 Å². The van der Waals surface area contributed by atoms with Gasteiger partial charge in [0, 0.05) is 19.2 Å². The number of rotatable bonds is 2. The summed E-state index contributed by atoms with van der Waals surface area (Å²) in [7, 11) is 3.42. The largest absolute Gasteiger partial charge is 0.496 e. The Bertz CT molecular complexity index is 454. The quantitative estimate of drug-likeness (QED) is 0.830. The topological polar surface area (TPSA) is 41.6 Å². The van der Waals surface area contributed by atoms with Crippen molar-refractivity contribution in [1.82, 2.24) is 10.2 Å². The first-order valence-electron chi connectivity index (χ1n) is 5.55. The van der Waals surface area contributed by atoms with Gasteiger partial charge in [-0.3, -0.25) is 4.79 Å². The third-order valence-electron chi connectivity index (χ3n) is 2.83. The van der Waals surface area contributed by atoms with E-state index in [1.807, 2.05) is 30.3 Å². The van der Waals surface area contributed by atoms with E-state index in [0.717, 1.165) is 17.0 Å². The Balaban J connectivity index is 2.43. The number of methoxy groups -OCH3 is 1. The highest BCUT2D eigenvalue weighted by molar-refractivity contribution is 5.89. The van der Waals surface area contributed by atoms with E-state index in [4.69, 9.17) is 4.74 Å². The Labute approximate surface area is 101 Å². The minimum atomic E-state index is 0.0552. The van der Waals surface area contributed by atoms with Crippen LogP contribution in [0.1, 0.15) is 5.56 Å². The average molecular weight is 232 g/mol. The van der Waals surface area contributed by atoms with E-state index in [9.17, 15) is 4.79 Å². The van der Waals surface area contributed by atoms with Gasteiger partial charge in [0.25, 0.3) is 0 Å². The molecular weight excluding hydrogens is 216 g/mol. The van der Waals surface area contributed by atoms with E-state index in [2.05, 4.69) is 5.32 Å². The molecule has 4 nitrogen and oxygen atoms in total. The summed E-state index contributed by atoms with van der Waals surface area (Å²) in [5, 5.41) is 3.06. The Morgan fingerprint density at radius 2 is 2.12 bits per heavy atom. The molecule has 1 heterocycles. The molecule has 0 saturated heterocycles. The number of hydrogen-bond donors (Lipinski definition) is 1. The summed E-state index contributed by atoms with van der Waals surface area (Å²) in [5.74, 6) is 0.833. The molecular formula is C13H16N2O2. The third kappa shape index (κ3) is 2.31. The van der Waals surface area contributed by atoms with Crippen LogP contribution in [0.3, 0.4) is 0 Å². The first-order chi connectivity index (χ1) is 8.24. The number of carbonyl (C=O) groups excluding carboxylic acids is 1. The lowest BCUT2D eigenvalue weighted by Gasteiger charge is -2.20. The van der Waals surface area contributed by atoms with E-state index >= 15 is 0 Å². The van der Waals surface area contributed by atoms with Crippen molar-refractivity contribution in [2.45, 2.75) is 0 Å². The second-order valence-corrected chi connectivity index (χ2v) is 3.87. The first-order valence-corrected chi connectivity index (χ1v) is 5.55. The van der Waals surface area contributed by atoms with Crippen LogP contribution in [0.15, 0.2) is 30.3 Å². The lowest BCUT2D eigenvalue weighted by atomic mass is 10.1. The van der Waals surface area contributed by atoms with Crippen molar-refractivity contribution in [2.75, 3.05) is 27.2 Å². The molecule has 1 aliphatic heterocycles. The lowest BCUT2D eigenvalue weighted by Crippen LogP contribution is -2.31. The van der Waals surface area contributed by atoms with Gasteiger partial charge in [0.15, 0.2) is 0 Å². The summed E-state index contributed by atoms with van der Waals surface area (Å²) in [6, 6.07) is 7.71. The summed E-state index contributed by atoms with van der Waals surface area (Å²) < 4.78 is 5.32. The van der Waals surface area contributed by atoms with Crippen LogP contribution in [0.5, 0.6) is 5.75 Å². The van der Waals surface area contributed by atoms with Crippen molar-refractivity contribution < 1.29 is 9.53 Å². The van der Waals surface area contributed by atoms with Gasteiger partial charge in [-0.2, -0.15) is 0 Å². The van der Waals surface area contributed by atoms with Gasteiger partial charge in [-0.1, -0.05) is 12.1 Å². The fourth-order valence-electron chi connectivity index (χ4n) is 1.88. The molecule has 0 aliphatic carbocycles. The summed E-state index contributed by atoms with van der Waals surface area (Å²) in [4.78, 5) is 13.4. The minimum absolute atomic E-state index is 0.0552. The van der Waals surface area contributed by atoms with Crippen LogP contribution in [0.4, 0.5) is 0 Å². The predicted octanol–water partition coefficient (Wildman–Crippen LogP) is 1.10. The number of para-hydroxylation sites is 1. The van der Waals surface area contributed by atoms with E-state index in [0.29, 0.717) is 13.1 Å². The van der Waals surface area contributed by atoms with Crippen molar-refractivity contribution in [3.8, 4) is 5.75 Å². The van der Waals surface area contributed by atoms with Gasteiger partial charge < -0.3 is 15.0 Å². The maximum Gasteiger partial charge on any atom is 0.240 e. The molecule has 0 fully saturated rings. The maximum atomic E-state index is 11.8. The maximum absolute atomic E-state index is 11.8. The monoisotopic (exact) mass is 232 g/mol. The fourth-order valence-corrected chi connectivity index (χ4v) is 1.88. The number of likely N-dealkylation sites (N-methyl/N-ethyl adjacent to an activating group) is 1. The van der Waals surface area contributed by atoms with Gasteiger partial charge in [-0.15, -0.1) is 0 Å². The summed E-state index contributed by atoms with van der Waals surface area (Å²) in [6.45, 7) is 1.05. The highest BCUT2D eigenvalue weighted by Crippen LogP contribution is 2.27. The zero-order valence-corrected chi connectivity index (χ0v) is 10.1. The van der Waals surface area contributed by atoms with Crippen LogP contribution in [-0.2, 0) is 4.79 Å². The first kappa shape index (κ1) is 11.7. The van der Waals surface area contributed by atoms with Gasteiger partial charge in [0.1, 0.15) is 5.75 Å². The molecule has 1 aliphatic rings. The summed E-state index contributed by atoms with van der Waals surface area (Å²) >= 11 is 0. The third-order valence-corrected chi connectivity index (χ3v) is 2.83. The molecule has 90 valence electrons. The van der Waals surface area contributed by atoms with Gasteiger partial charge >= 0.3 is 0 Å². The number of amides is 1. The van der Waals surface area contributed by atoms with E-state index in [1.165, 1.54) is 0 Å². The molecule has 2 rings (SSSR count). The highest BCUT2D eigenvalue weighted by atomic mass is 16.5. The molecule has 4 heteroatoms. The molecule has 0 unspecified atom stereocenters. The Kier molecular flexibility index (Phi) is 3.44. The molecule has 1 aromatic rings. The number of carbonyl (C=O) groups is 1. The van der Waals surface area contributed by atoms with Crippen molar-refractivity contribution in [3.63, 3.8) is 0 Å². The molecule has 0 radical (unpaired) electrons. The van der Waals surface area contributed by atoms with Crippen LogP contribution in [-0.4, -0.2) is 38.1 Å². The molecule has 0 saturated carbocycles. The van der Waals surface area contributed by atoms with Gasteiger partial charge in [-0.05, 0) is 18.2 Å². The number of ether oxygens (including phenoxy) is 1. The van der Waals surface area contributed by atoms with Crippen LogP contribution in [0, 0.1) is 0 Å². The number of benzene rings is 1. The Hall–Kier alpha value is -1.81. The normalized spacial score (nSPS) is 16.5. The van der Waals surface area contributed by atoms with E-state index in [-0.39, 0.29) is 5.91 Å². The van der Waals surface area contributed by atoms with Crippen molar-refractivity contribution in [1.29, 1.82) is 0 Å². The standard InChI is InChI=1S/C13H16N2O2/c1-15-11(7-8-14-9-13(15)16)10-5-3-4-6-12(10)17-2/h3-7,14H,8-9H2,1-2H3. The van der Waals surface area contributed by atoms with E-state index in [1.54, 1.807) is 19.1 Å². The second-order valence-electron chi connectivity index (χ2n) is 3.87. The molecule has 0 spiro atoms. The molecule has 1 aromatic carbocycles. The Morgan fingerprint density at radius 1 is 1.35 bits per heavy atom. The molecule has 1 N–H and O–H groups in total. The SMILES string of the molecule is COc1ccccc1C1=CCNCC(=O)N1C. The van der Waals surface area contributed by atoms with Gasteiger partial charge in [-0.25, -0.2) is 0 Å².